The van der Waals surface area contributed by atoms with Gasteiger partial charge in [-0.05, 0) is 37.6 Å². The van der Waals surface area contributed by atoms with Crippen LogP contribution in [-0.4, -0.2) is 54.7 Å². The SMILES string of the molecule is Cc1ccc(S(=O)(=O)N2CCCN(C(=O)C=Cc3nc4ccccc4o3)CC2)cc1. The number of sulfonamides is 1. The van der Waals surface area contributed by atoms with Crippen molar-refractivity contribution >= 4 is 33.1 Å². The molecule has 1 aliphatic heterocycles. The number of hydrogen-bond donors (Lipinski definition) is 0. The van der Waals surface area contributed by atoms with Gasteiger partial charge in [0.15, 0.2) is 5.58 Å². The van der Waals surface area contributed by atoms with Crippen molar-refractivity contribution in [3.8, 4) is 0 Å². The Kier molecular flexibility index (Phi) is 5.69. The van der Waals surface area contributed by atoms with E-state index in [1.165, 1.54) is 10.4 Å². The van der Waals surface area contributed by atoms with Crippen LogP contribution in [0.4, 0.5) is 0 Å². The van der Waals surface area contributed by atoms with Gasteiger partial charge in [-0.25, -0.2) is 13.4 Å². The molecule has 1 aliphatic rings. The molecular formula is C22H23N3O4S. The van der Waals surface area contributed by atoms with Crippen LogP contribution in [0.15, 0.2) is 63.9 Å². The van der Waals surface area contributed by atoms with Gasteiger partial charge in [0.05, 0.1) is 4.90 Å². The molecule has 1 aromatic heterocycles. The monoisotopic (exact) mass is 425 g/mol. The lowest BCUT2D eigenvalue weighted by molar-refractivity contribution is -0.125. The summed E-state index contributed by atoms with van der Waals surface area (Å²) in [6, 6.07) is 14.2. The van der Waals surface area contributed by atoms with Crippen molar-refractivity contribution in [3.63, 3.8) is 0 Å². The maximum absolute atomic E-state index is 12.9. The van der Waals surface area contributed by atoms with Crippen LogP contribution >= 0.6 is 0 Å². The summed E-state index contributed by atoms with van der Waals surface area (Å²) in [5.74, 6) is 0.176. The maximum atomic E-state index is 12.9. The van der Waals surface area contributed by atoms with E-state index in [0.29, 0.717) is 37.5 Å². The normalized spacial score (nSPS) is 16.2. The molecule has 0 atom stereocenters. The molecule has 0 bridgehead atoms. The highest BCUT2D eigenvalue weighted by Gasteiger charge is 2.27. The zero-order valence-corrected chi connectivity index (χ0v) is 17.5. The number of amides is 1. The van der Waals surface area contributed by atoms with Gasteiger partial charge in [-0.1, -0.05) is 29.8 Å². The van der Waals surface area contributed by atoms with Gasteiger partial charge in [-0.2, -0.15) is 4.31 Å². The van der Waals surface area contributed by atoms with E-state index < -0.39 is 10.0 Å². The minimum absolute atomic E-state index is 0.188. The fraction of sp³-hybridized carbons (Fsp3) is 0.273. The highest BCUT2D eigenvalue weighted by Crippen LogP contribution is 2.19. The molecule has 156 valence electrons. The number of oxazole rings is 1. The Morgan fingerprint density at radius 2 is 1.80 bits per heavy atom. The number of hydrogen-bond acceptors (Lipinski definition) is 5. The summed E-state index contributed by atoms with van der Waals surface area (Å²) in [5.41, 5.74) is 2.40. The molecule has 1 amide bonds. The van der Waals surface area contributed by atoms with Crippen LogP contribution in [0.2, 0.25) is 0 Å². The van der Waals surface area contributed by atoms with Crippen molar-refractivity contribution in [1.29, 1.82) is 0 Å². The summed E-state index contributed by atoms with van der Waals surface area (Å²) in [5, 5.41) is 0. The van der Waals surface area contributed by atoms with Crippen LogP contribution in [0.25, 0.3) is 17.2 Å². The highest BCUT2D eigenvalue weighted by molar-refractivity contribution is 7.89. The Morgan fingerprint density at radius 3 is 2.57 bits per heavy atom. The molecule has 0 aliphatic carbocycles. The van der Waals surface area contributed by atoms with Crippen molar-refractivity contribution in [2.75, 3.05) is 26.2 Å². The minimum Gasteiger partial charge on any atom is -0.437 e. The van der Waals surface area contributed by atoms with Gasteiger partial charge in [0, 0.05) is 38.3 Å². The lowest BCUT2D eigenvalue weighted by Crippen LogP contribution is -2.36. The quantitative estimate of drug-likeness (QED) is 0.600. The summed E-state index contributed by atoms with van der Waals surface area (Å²) in [6.07, 6.45) is 3.55. The molecule has 30 heavy (non-hydrogen) atoms. The third-order valence-corrected chi connectivity index (χ3v) is 7.02. The zero-order valence-electron chi connectivity index (χ0n) is 16.7. The Labute approximate surface area is 175 Å². The Bertz CT molecular complexity index is 1150. The second-order valence-corrected chi connectivity index (χ2v) is 9.19. The van der Waals surface area contributed by atoms with E-state index >= 15 is 0 Å². The number of para-hydroxylation sites is 2. The van der Waals surface area contributed by atoms with Gasteiger partial charge >= 0.3 is 0 Å². The first kappa shape index (κ1) is 20.3. The van der Waals surface area contributed by atoms with Gasteiger partial charge in [0.1, 0.15) is 5.52 Å². The lowest BCUT2D eigenvalue weighted by Gasteiger charge is -2.21. The van der Waals surface area contributed by atoms with Crippen LogP contribution in [-0.2, 0) is 14.8 Å². The molecule has 3 aromatic rings. The predicted octanol–water partition coefficient (Wildman–Crippen LogP) is 3.07. The molecular weight excluding hydrogens is 402 g/mol. The number of nitrogens with zero attached hydrogens (tertiary/aromatic N) is 3. The van der Waals surface area contributed by atoms with Crippen molar-refractivity contribution < 1.29 is 17.6 Å². The molecule has 2 aromatic carbocycles. The first-order valence-electron chi connectivity index (χ1n) is 9.83. The summed E-state index contributed by atoms with van der Waals surface area (Å²) in [7, 11) is -3.57. The topological polar surface area (TPSA) is 83.7 Å². The molecule has 7 nitrogen and oxygen atoms in total. The summed E-state index contributed by atoms with van der Waals surface area (Å²) < 4.78 is 32.9. The predicted molar refractivity (Wildman–Crippen MR) is 114 cm³/mol. The molecule has 8 heteroatoms. The van der Waals surface area contributed by atoms with E-state index in [-0.39, 0.29) is 17.3 Å². The average Bonchev–Trinajstić information content (AvgIpc) is 2.98. The number of carbonyl (C=O) groups is 1. The van der Waals surface area contributed by atoms with E-state index in [2.05, 4.69) is 4.98 Å². The van der Waals surface area contributed by atoms with Crippen molar-refractivity contribution in [1.82, 2.24) is 14.2 Å². The highest BCUT2D eigenvalue weighted by atomic mass is 32.2. The van der Waals surface area contributed by atoms with Gasteiger partial charge < -0.3 is 9.32 Å². The molecule has 0 N–H and O–H groups in total. The van der Waals surface area contributed by atoms with Crippen LogP contribution in [0, 0.1) is 6.92 Å². The third-order valence-electron chi connectivity index (χ3n) is 5.10. The molecule has 4 rings (SSSR count). The van der Waals surface area contributed by atoms with Crippen LogP contribution in [0.5, 0.6) is 0 Å². The number of fused-ring (bicyclic) bond motifs is 1. The van der Waals surface area contributed by atoms with E-state index in [1.54, 1.807) is 35.2 Å². The standard InChI is InChI=1S/C22H23N3O4S/c1-17-7-9-18(10-8-17)30(27,28)25-14-4-13-24(15-16-25)22(26)12-11-21-23-19-5-2-3-6-20(19)29-21/h2-3,5-12H,4,13-16H2,1H3. The number of rotatable bonds is 4. The Morgan fingerprint density at radius 1 is 1.03 bits per heavy atom. The summed E-state index contributed by atoms with van der Waals surface area (Å²) in [6.45, 7) is 3.40. The maximum Gasteiger partial charge on any atom is 0.246 e. The number of carbonyl (C=O) groups excluding carboxylic acids is 1. The summed E-state index contributed by atoms with van der Waals surface area (Å²) in [4.78, 5) is 18.9. The van der Waals surface area contributed by atoms with Crippen molar-refractivity contribution in [3.05, 3.63) is 66.1 Å². The zero-order chi connectivity index (χ0) is 21.1. The molecule has 0 unspecified atom stereocenters. The average molecular weight is 426 g/mol. The smallest absolute Gasteiger partial charge is 0.246 e. The van der Waals surface area contributed by atoms with E-state index in [9.17, 15) is 13.2 Å². The van der Waals surface area contributed by atoms with Gasteiger partial charge in [0.2, 0.25) is 21.8 Å². The molecule has 2 heterocycles. The number of benzene rings is 2. The fourth-order valence-corrected chi connectivity index (χ4v) is 4.89. The van der Waals surface area contributed by atoms with Crippen LogP contribution in [0.3, 0.4) is 0 Å². The molecule has 0 radical (unpaired) electrons. The largest absolute Gasteiger partial charge is 0.437 e. The van der Waals surface area contributed by atoms with Crippen molar-refractivity contribution in [2.24, 2.45) is 0 Å². The molecule has 0 saturated carbocycles. The fourth-order valence-electron chi connectivity index (χ4n) is 3.42. The Hall–Kier alpha value is -2.97. The van der Waals surface area contributed by atoms with E-state index in [4.69, 9.17) is 4.42 Å². The summed E-state index contributed by atoms with van der Waals surface area (Å²) >= 11 is 0. The van der Waals surface area contributed by atoms with E-state index in [1.807, 2.05) is 31.2 Å². The van der Waals surface area contributed by atoms with Crippen LogP contribution < -0.4 is 0 Å². The van der Waals surface area contributed by atoms with Crippen LogP contribution in [0.1, 0.15) is 17.9 Å². The van der Waals surface area contributed by atoms with Gasteiger partial charge in [-0.15, -0.1) is 0 Å². The first-order valence-corrected chi connectivity index (χ1v) is 11.3. The number of aryl methyl sites for hydroxylation is 1. The first-order chi connectivity index (χ1) is 14.4. The molecule has 0 spiro atoms. The third kappa shape index (κ3) is 4.29. The second-order valence-electron chi connectivity index (χ2n) is 7.25. The minimum atomic E-state index is -3.57. The van der Waals surface area contributed by atoms with E-state index in [0.717, 1.165) is 11.1 Å². The van der Waals surface area contributed by atoms with Gasteiger partial charge in [0.25, 0.3) is 0 Å². The molecule has 1 saturated heterocycles. The van der Waals surface area contributed by atoms with Gasteiger partial charge in [-0.3, -0.25) is 4.79 Å². The molecule has 1 fully saturated rings. The second kappa shape index (κ2) is 8.41. The number of aromatic nitrogens is 1. The lowest BCUT2D eigenvalue weighted by atomic mass is 10.2. The Balaban J connectivity index is 1.42. The van der Waals surface area contributed by atoms with Crippen molar-refractivity contribution in [2.45, 2.75) is 18.2 Å².